The fourth-order valence-electron chi connectivity index (χ4n) is 2.79. The van der Waals surface area contributed by atoms with Gasteiger partial charge in [0.2, 0.25) is 0 Å². The van der Waals surface area contributed by atoms with Crippen LogP contribution in [0.15, 0.2) is 17.6 Å². The molecule has 0 N–H and O–H groups in total. The van der Waals surface area contributed by atoms with Crippen LogP contribution in [0.2, 0.25) is 0 Å². The van der Waals surface area contributed by atoms with Gasteiger partial charge < -0.3 is 9.80 Å². The van der Waals surface area contributed by atoms with Gasteiger partial charge in [-0.3, -0.25) is 0 Å². The molecule has 0 bridgehead atoms. The molecule has 1 aliphatic heterocycles. The van der Waals surface area contributed by atoms with E-state index in [1.54, 1.807) is 12.6 Å². The first-order valence-electron chi connectivity index (χ1n) is 7.98. The maximum absolute atomic E-state index is 13.1. The third kappa shape index (κ3) is 3.81. The maximum atomic E-state index is 13.1. The lowest BCUT2D eigenvalue weighted by atomic mass is 10.2. The lowest BCUT2D eigenvalue weighted by Gasteiger charge is -2.36. The van der Waals surface area contributed by atoms with Crippen LogP contribution >= 0.6 is 11.8 Å². The number of aryl methyl sites for hydroxylation is 1. The van der Waals surface area contributed by atoms with Crippen LogP contribution in [0.3, 0.4) is 0 Å². The largest absolute Gasteiger partial charge is 0.353 e. The Hall–Kier alpha value is -2.03. The van der Waals surface area contributed by atoms with E-state index in [0.29, 0.717) is 24.1 Å². The Morgan fingerprint density at radius 3 is 2.36 bits per heavy atom. The number of halogens is 2. The number of piperazine rings is 1. The van der Waals surface area contributed by atoms with Crippen LogP contribution in [0.25, 0.3) is 0 Å². The van der Waals surface area contributed by atoms with Gasteiger partial charge in [0.05, 0.1) is 0 Å². The summed E-state index contributed by atoms with van der Waals surface area (Å²) in [5.74, 6) is 1.50. The normalized spacial score (nSPS) is 15.1. The van der Waals surface area contributed by atoms with E-state index in [-0.39, 0.29) is 5.69 Å². The van der Waals surface area contributed by atoms with Crippen molar-refractivity contribution in [3.05, 3.63) is 29.3 Å². The van der Waals surface area contributed by atoms with Crippen molar-refractivity contribution in [3.63, 3.8) is 0 Å². The molecule has 134 valence electrons. The zero-order valence-electron chi connectivity index (χ0n) is 14.4. The second-order valence-electron chi connectivity index (χ2n) is 5.82. The lowest BCUT2D eigenvalue weighted by Crippen LogP contribution is -2.47. The van der Waals surface area contributed by atoms with Crippen molar-refractivity contribution in [1.29, 1.82) is 0 Å². The Morgan fingerprint density at radius 1 is 1.04 bits per heavy atom. The van der Waals surface area contributed by atoms with Gasteiger partial charge in [-0.2, -0.15) is 0 Å². The highest BCUT2D eigenvalue weighted by Gasteiger charge is 2.23. The zero-order valence-corrected chi connectivity index (χ0v) is 15.2. The Labute approximate surface area is 149 Å². The average molecular weight is 366 g/mol. The number of aromatic nitrogens is 4. The summed E-state index contributed by atoms with van der Waals surface area (Å²) in [6, 6.07) is 1.39. The molecule has 0 unspecified atom stereocenters. The van der Waals surface area contributed by atoms with Crippen molar-refractivity contribution < 1.29 is 8.78 Å². The number of alkyl halides is 2. The Morgan fingerprint density at radius 2 is 1.72 bits per heavy atom. The number of nitrogens with zero attached hydrogens (tertiary/aromatic N) is 6. The first-order chi connectivity index (χ1) is 12.0. The van der Waals surface area contributed by atoms with Gasteiger partial charge in [-0.05, 0) is 20.1 Å². The van der Waals surface area contributed by atoms with Crippen molar-refractivity contribution in [2.24, 2.45) is 0 Å². The number of anilines is 2. The molecule has 3 rings (SSSR count). The number of rotatable bonds is 4. The van der Waals surface area contributed by atoms with Gasteiger partial charge in [0.25, 0.3) is 6.43 Å². The molecule has 0 aliphatic carbocycles. The maximum Gasteiger partial charge on any atom is 0.280 e. The molecule has 0 saturated carbocycles. The van der Waals surface area contributed by atoms with Crippen LogP contribution in [-0.4, -0.2) is 52.4 Å². The minimum atomic E-state index is -2.60. The van der Waals surface area contributed by atoms with Crippen molar-refractivity contribution in [2.45, 2.75) is 25.4 Å². The van der Waals surface area contributed by atoms with Gasteiger partial charge in [0.15, 0.2) is 5.16 Å². The molecule has 2 aromatic heterocycles. The van der Waals surface area contributed by atoms with Gasteiger partial charge in [0, 0.05) is 43.5 Å². The number of hydrogen-bond donors (Lipinski definition) is 0. The van der Waals surface area contributed by atoms with Gasteiger partial charge in [-0.1, -0.05) is 11.8 Å². The second kappa shape index (κ2) is 7.47. The van der Waals surface area contributed by atoms with Gasteiger partial charge in [0.1, 0.15) is 23.7 Å². The highest BCUT2D eigenvalue weighted by atomic mass is 32.2. The minimum absolute atomic E-state index is 0.223. The van der Waals surface area contributed by atoms with Crippen molar-refractivity contribution in [1.82, 2.24) is 19.9 Å². The Bertz CT molecular complexity index is 749. The molecule has 2 aromatic rings. The molecule has 9 heteroatoms. The summed E-state index contributed by atoms with van der Waals surface area (Å²) < 4.78 is 26.1. The van der Waals surface area contributed by atoms with E-state index >= 15 is 0 Å². The van der Waals surface area contributed by atoms with E-state index in [2.05, 4.69) is 24.8 Å². The Balaban J connectivity index is 1.76. The van der Waals surface area contributed by atoms with Gasteiger partial charge >= 0.3 is 0 Å². The summed E-state index contributed by atoms with van der Waals surface area (Å²) in [6.45, 7) is 6.86. The summed E-state index contributed by atoms with van der Waals surface area (Å²) in [4.78, 5) is 21.1. The summed E-state index contributed by atoms with van der Waals surface area (Å²) >= 11 is 1.27. The predicted octanol–water partition coefficient (Wildman–Crippen LogP) is 2.87. The number of thioether (sulfide) groups is 1. The van der Waals surface area contributed by atoms with Crippen LogP contribution in [0.4, 0.5) is 20.4 Å². The van der Waals surface area contributed by atoms with Gasteiger partial charge in [-0.25, -0.2) is 28.7 Å². The lowest BCUT2D eigenvalue weighted by molar-refractivity contribution is 0.145. The summed E-state index contributed by atoms with van der Waals surface area (Å²) in [7, 11) is 0. The molecular weight excluding hydrogens is 346 g/mol. The van der Waals surface area contributed by atoms with Crippen LogP contribution in [-0.2, 0) is 0 Å². The van der Waals surface area contributed by atoms with E-state index in [1.807, 2.05) is 18.7 Å². The molecule has 3 heterocycles. The van der Waals surface area contributed by atoms with E-state index in [9.17, 15) is 8.78 Å². The van der Waals surface area contributed by atoms with E-state index < -0.39 is 6.43 Å². The summed E-state index contributed by atoms with van der Waals surface area (Å²) in [5.41, 5.74) is 1.82. The first kappa shape index (κ1) is 17.8. The predicted molar refractivity (Wildman–Crippen MR) is 94.7 cm³/mol. The third-order valence-electron chi connectivity index (χ3n) is 4.33. The third-order valence-corrected chi connectivity index (χ3v) is 4.88. The highest BCUT2D eigenvalue weighted by Crippen LogP contribution is 2.26. The molecule has 0 spiro atoms. The summed E-state index contributed by atoms with van der Waals surface area (Å²) in [6.07, 6.45) is 0.765. The second-order valence-corrected chi connectivity index (χ2v) is 6.59. The van der Waals surface area contributed by atoms with E-state index in [4.69, 9.17) is 0 Å². The van der Waals surface area contributed by atoms with E-state index in [1.165, 1.54) is 17.8 Å². The molecule has 0 atom stereocenters. The van der Waals surface area contributed by atoms with Crippen molar-refractivity contribution in [3.8, 4) is 0 Å². The fourth-order valence-corrected chi connectivity index (χ4v) is 3.17. The smallest absolute Gasteiger partial charge is 0.280 e. The van der Waals surface area contributed by atoms with Crippen LogP contribution in [0.5, 0.6) is 0 Å². The minimum Gasteiger partial charge on any atom is -0.353 e. The molecular formula is C16H20F2N6S. The molecule has 1 saturated heterocycles. The topological polar surface area (TPSA) is 58.0 Å². The average Bonchev–Trinajstić information content (AvgIpc) is 2.63. The fraction of sp³-hybridized carbons (Fsp3) is 0.500. The summed E-state index contributed by atoms with van der Waals surface area (Å²) in [5, 5.41) is 0.373. The molecule has 0 amide bonds. The monoisotopic (exact) mass is 366 g/mol. The SMILES string of the molecule is CSc1nc(C(F)F)cc(N2CCN(c3ncnc(C)c3C)CC2)n1. The standard InChI is InChI=1S/C16H20F2N6S/c1-10-11(2)19-9-20-15(10)24-6-4-23(5-7-24)13-8-12(14(17)18)21-16(22-13)25-3/h8-9,14H,4-7H2,1-3H3. The molecule has 6 nitrogen and oxygen atoms in total. The first-order valence-corrected chi connectivity index (χ1v) is 9.21. The van der Waals surface area contributed by atoms with Crippen LogP contribution < -0.4 is 9.80 Å². The molecule has 0 aromatic carbocycles. The number of hydrogen-bond acceptors (Lipinski definition) is 7. The van der Waals surface area contributed by atoms with Crippen LogP contribution in [0, 0.1) is 13.8 Å². The molecule has 0 radical (unpaired) electrons. The Kier molecular flexibility index (Phi) is 5.31. The van der Waals surface area contributed by atoms with E-state index in [0.717, 1.165) is 30.2 Å². The molecule has 25 heavy (non-hydrogen) atoms. The van der Waals surface area contributed by atoms with Crippen LogP contribution in [0.1, 0.15) is 23.4 Å². The highest BCUT2D eigenvalue weighted by molar-refractivity contribution is 7.98. The quantitative estimate of drug-likeness (QED) is 0.609. The van der Waals surface area contributed by atoms with Crippen molar-refractivity contribution in [2.75, 3.05) is 42.2 Å². The zero-order chi connectivity index (χ0) is 18.0. The van der Waals surface area contributed by atoms with Gasteiger partial charge in [-0.15, -0.1) is 0 Å². The van der Waals surface area contributed by atoms with Crippen molar-refractivity contribution >= 4 is 23.4 Å². The molecule has 1 aliphatic rings. The molecule has 1 fully saturated rings.